The molecule has 0 aromatic heterocycles. The number of hydrogen-bond acceptors (Lipinski definition) is 2. The minimum atomic E-state index is -0.0360. The number of halogens is 1. The minimum absolute atomic E-state index is 0.0360. The summed E-state index contributed by atoms with van der Waals surface area (Å²) in [5.41, 5.74) is 0.951. The van der Waals surface area contributed by atoms with Crippen molar-refractivity contribution in [3.63, 3.8) is 0 Å². The van der Waals surface area contributed by atoms with Gasteiger partial charge in [0.15, 0.2) is 0 Å². The zero-order valence-electron chi connectivity index (χ0n) is 10.0. The summed E-state index contributed by atoms with van der Waals surface area (Å²) in [7, 11) is 1.63. The van der Waals surface area contributed by atoms with Gasteiger partial charge >= 0.3 is 0 Å². The summed E-state index contributed by atoms with van der Waals surface area (Å²) in [6, 6.07) is 5.51. The number of benzene rings is 1. The van der Waals surface area contributed by atoms with Crippen LogP contribution in [0.5, 0.6) is 5.75 Å². The van der Waals surface area contributed by atoms with Gasteiger partial charge in [-0.2, -0.15) is 0 Å². The van der Waals surface area contributed by atoms with E-state index in [0.717, 1.165) is 37.0 Å². The van der Waals surface area contributed by atoms with E-state index in [2.05, 4.69) is 0 Å². The van der Waals surface area contributed by atoms with Gasteiger partial charge in [0.05, 0.1) is 7.11 Å². The maximum atomic E-state index is 12.1. The van der Waals surface area contributed by atoms with Gasteiger partial charge in [-0.25, -0.2) is 0 Å². The van der Waals surface area contributed by atoms with Gasteiger partial charge in [-0.15, -0.1) is 0 Å². The molecule has 0 spiro atoms. The number of hydrogen-bond donors (Lipinski definition) is 0. The molecule has 92 valence electrons. The molecule has 2 nitrogen and oxygen atoms in total. The Morgan fingerprint density at radius 3 is 2.88 bits per heavy atom. The topological polar surface area (TPSA) is 26.3 Å². The Kier molecular flexibility index (Phi) is 4.06. The van der Waals surface area contributed by atoms with Crippen LogP contribution < -0.4 is 4.74 Å². The number of methoxy groups -OCH3 is 1. The number of ketones is 1. The van der Waals surface area contributed by atoms with Crippen LogP contribution in [0.4, 0.5) is 0 Å². The molecule has 1 aliphatic carbocycles. The first kappa shape index (κ1) is 12.4. The molecule has 0 heterocycles. The molecule has 3 heteroatoms. The van der Waals surface area contributed by atoms with Crippen molar-refractivity contribution < 1.29 is 9.53 Å². The lowest BCUT2D eigenvalue weighted by molar-refractivity contribution is -0.120. The molecule has 2 rings (SSSR count). The van der Waals surface area contributed by atoms with Gasteiger partial charge in [0.25, 0.3) is 0 Å². The van der Waals surface area contributed by atoms with E-state index in [9.17, 15) is 4.79 Å². The van der Waals surface area contributed by atoms with Crippen LogP contribution in [-0.4, -0.2) is 12.9 Å². The molecule has 1 aromatic rings. The Bertz CT molecular complexity index is 415. The lowest BCUT2D eigenvalue weighted by Gasteiger charge is -2.17. The number of Topliss-reactive ketones (excluding diaryl/α,β-unsaturated/α-hetero) is 1. The molecule has 1 unspecified atom stereocenters. The molecule has 1 aliphatic rings. The van der Waals surface area contributed by atoms with Gasteiger partial charge in [0, 0.05) is 22.9 Å². The highest BCUT2D eigenvalue weighted by atomic mass is 35.5. The number of rotatable bonds is 2. The van der Waals surface area contributed by atoms with Crippen molar-refractivity contribution in [1.82, 2.24) is 0 Å². The molecular formula is C14H17ClO2. The summed E-state index contributed by atoms with van der Waals surface area (Å²) in [4.78, 5) is 12.1. The van der Waals surface area contributed by atoms with E-state index < -0.39 is 0 Å². The molecule has 1 atom stereocenters. The van der Waals surface area contributed by atoms with Crippen molar-refractivity contribution >= 4 is 17.4 Å². The zero-order chi connectivity index (χ0) is 12.3. The van der Waals surface area contributed by atoms with Crippen LogP contribution in [0.25, 0.3) is 0 Å². The van der Waals surface area contributed by atoms with Gasteiger partial charge in [0.2, 0.25) is 0 Å². The highest BCUT2D eigenvalue weighted by Crippen LogP contribution is 2.36. The average Bonchev–Trinajstić information content (AvgIpc) is 2.54. The molecule has 0 saturated heterocycles. The van der Waals surface area contributed by atoms with E-state index in [4.69, 9.17) is 16.3 Å². The lowest BCUT2D eigenvalue weighted by atomic mass is 9.90. The molecule has 1 saturated carbocycles. The Hall–Kier alpha value is -1.02. The van der Waals surface area contributed by atoms with Crippen molar-refractivity contribution in [3.05, 3.63) is 28.8 Å². The van der Waals surface area contributed by atoms with Gasteiger partial charge in [-0.05, 0) is 31.0 Å². The second-order valence-corrected chi connectivity index (χ2v) is 4.94. The number of carbonyl (C=O) groups is 1. The average molecular weight is 253 g/mol. The first-order valence-electron chi connectivity index (χ1n) is 6.08. The van der Waals surface area contributed by atoms with E-state index >= 15 is 0 Å². The van der Waals surface area contributed by atoms with E-state index in [1.165, 1.54) is 0 Å². The molecule has 0 aliphatic heterocycles. The van der Waals surface area contributed by atoms with Gasteiger partial charge in [-0.1, -0.05) is 24.4 Å². The molecule has 0 radical (unpaired) electrons. The summed E-state index contributed by atoms with van der Waals surface area (Å²) in [5, 5.41) is 0.665. The second kappa shape index (κ2) is 5.54. The van der Waals surface area contributed by atoms with Crippen LogP contribution in [0.3, 0.4) is 0 Å². The Morgan fingerprint density at radius 1 is 1.29 bits per heavy atom. The first-order valence-corrected chi connectivity index (χ1v) is 6.46. The maximum Gasteiger partial charge on any atom is 0.140 e. The third kappa shape index (κ3) is 2.81. The lowest BCUT2D eigenvalue weighted by Crippen LogP contribution is -2.11. The Labute approximate surface area is 107 Å². The summed E-state index contributed by atoms with van der Waals surface area (Å²) in [6.45, 7) is 0. The summed E-state index contributed by atoms with van der Waals surface area (Å²) in [6.07, 6.45) is 4.85. The van der Waals surface area contributed by atoms with Gasteiger partial charge in [0.1, 0.15) is 11.5 Å². The van der Waals surface area contributed by atoms with Crippen molar-refractivity contribution in [2.75, 3.05) is 7.11 Å². The highest BCUT2D eigenvalue weighted by molar-refractivity contribution is 6.30. The Balaban J connectivity index is 2.36. The summed E-state index contributed by atoms with van der Waals surface area (Å²) >= 11 is 6.01. The van der Waals surface area contributed by atoms with Gasteiger partial charge in [-0.3, -0.25) is 4.79 Å². The highest BCUT2D eigenvalue weighted by Gasteiger charge is 2.25. The first-order chi connectivity index (χ1) is 8.22. The molecule has 0 bridgehead atoms. The van der Waals surface area contributed by atoms with E-state index in [0.29, 0.717) is 17.2 Å². The van der Waals surface area contributed by atoms with Crippen LogP contribution >= 0.6 is 11.6 Å². The fourth-order valence-corrected chi connectivity index (χ4v) is 2.65. The SMILES string of the molecule is COc1ccc(Cl)cc1C1CCCCCC1=O. The van der Waals surface area contributed by atoms with Gasteiger partial charge < -0.3 is 4.74 Å². The quantitative estimate of drug-likeness (QED) is 0.745. The standard InChI is InChI=1S/C14H17ClO2/c1-17-14-8-7-10(15)9-12(14)11-5-3-2-4-6-13(11)16/h7-9,11H,2-6H2,1H3. The number of ether oxygens (including phenoxy) is 1. The summed E-state index contributed by atoms with van der Waals surface area (Å²) < 4.78 is 5.33. The second-order valence-electron chi connectivity index (χ2n) is 4.50. The summed E-state index contributed by atoms with van der Waals surface area (Å²) in [5.74, 6) is 1.06. The van der Waals surface area contributed by atoms with Crippen molar-refractivity contribution in [2.24, 2.45) is 0 Å². The molecule has 0 amide bonds. The normalized spacial score (nSPS) is 21.1. The van der Waals surface area contributed by atoms with E-state index in [1.54, 1.807) is 13.2 Å². The van der Waals surface area contributed by atoms with Crippen molar-refractivity contribution in [3.8, 4) is 5.75 Å². The van der Waals surface area contributed by atoms with Crippen LogP contribution in [0.1, 0.15) is 43.6 Å². The monoisotopic (exact) mass is 252 g/mol. The number of carbonyl (C=O) groups excluding carboxylic acids is 1. The third-order valence-corrected chi connectivity index (χ3v) is 3.61. The molecule has 1 aromatic carbocycles. The molecular weight excluding hydrogens is 236 g/mol. The van der Waals surface area contributed by atoms with E-state index in [1.807, 2.05) is 12.1 Å². The van der Waals surface area contributed by atoms with Crippen LogP contribution in [0.15, 0.2) is 18.2 Å². The minimum Gasteiger partial charge on any atom is -0.496 e. The largest absolute Gasteiger partial charge is 0.496 e. The van der Waals surface area contributed by atoms with Crippen molar-refractivity contribution in [1.29, 1.82) is 0 Å². The third-order valence-electron chi connectivity index (χ3n) is 3.37. The Morgan fingerprint density at radius 2 is 2.12 bits per heavy atom. The molecule has 0 N–H and O–H groups in total. The molecule has 1 fully saturated rings. The zero-order valence-corrected chi connectivity index (χ0v) is 10.8. The fraction of sp³-hybridized carbons (Fsp3) is 0.500. The van der Waals surface area contributed by atoms with Crippen LogP contribution in [-0.2, 0) is 4.79 Å². The van der Waals surface area contributed by atoms with Crippen LogP contribution in [0, 0.1) is 0 Å². The van der Waals surface area contributed by atoms with Crippen molar-refractivity contribution in [2.45, 2.75) is 38.0 Å². The van der Waals surface area contributed by atoms with E-state index in [-0.39, 0.29) is 5.92 Å². The van der Waals surface area contributed by atoms with Crippen LogP contribution in [0.2, 0.25) is 5.02 Å². The maximum absolute atomic E-state index is 12.1. The molecule has 17 heavy (non-hydrogen) atoms. The predicted octanol–water partition coefficient (Wildman–Crippen LogP) is 3.97. The fourth-order valence-electron chi connectivity index (χ4n) is 2.47. The smallest absolute Gasteiger partial charge is 0.140 e. The predicted molar refractivity (Wildman–Crippen MR) is 68.8 cm³/mol.